The van der Waals surface area contributed by atoms with Gasteiger partial charge in [0.2, 0.25) is 0 Å². The predicted octanol–water partition coefficient (Wildman–Crippen LogP) is 2.44. The number of nitrogens with zero attached hydrogens (tertiary/aromatic N) is 1. The third kappa shape index (κ3) is 1.97. The quantitative estimate of drug-likeness (QED) is 0.827. The molecule has 0 spiro atoms. The van der Waals surface area contributed by atoms with E-state index in [9.17, 15) is 4.79 Å². The van der Waals surface area contributed by atoms with Crippen LogP contribution in [0.1, 0.15) is 37.2 Å². The molecule has 5 heteroatoms. The van der Waals surface area contributed by atoms with Gasteiger partial charge in [-0.05, 0) is 18.3 Å². The summed E-state index contributed by atoms with van der Waals surface area (Å²) in [6.07, 6.45) is 2.29. The van der Waals surface area contributed by atoms with Crippen molar-refractivity contribution in [3.8, 4) is 0 Å². The molecule has 2 unspecified atom stereocenters. The summed E-state index contributed by atoms with van der Waals surface area (Å²) in [5.74, 6) is -0.964. The number of carbonyl (C=O) groups is 1. The van der Waals surface area contributed by atoms with Gasteiger partial charge in [0.15, 0.2) is 10.8 Å². The van der Waals surface area contributed by atoms with Crippen LogP contribution in [-0.4, -0.2) is 22.1 Å². The largest absolute Gasteiger partial charge is 0.476 e. The Morgan fingerprint density at radius 3 is 3.07 bits per heavy atom. The Bertz CT molecular complexity index is 391. The summed E-state index contributed by atoms with van der Waals surface area (Å²) < 4.78 is 0. The van der Waals surface area contributed by atoms with Crippen LogP contribution < -0.4 is 5.32 Å². The molecule has 0 aliphatic heterocycles. The molecule has 82 valence electrons. The van der Waals surface area contributed by atoms with Crippen LogP contribution >= 0.6 is 11.3 Å². The molecular formula is C10H14N2O2S. The summed E-state index contributed by atoms with van der Waals surface area (Å²) in [7, 11) is 0. The third-order valence-corrected chi connectivity index (χ3v) is 3.95. The fourth-order valence-corrected chi connectivity index (χ4v) is 2.35. The number of nitrogens with one attached hydrogen (secondary N) is 1. The van der Waals surface area contributed by atoms with Crippen LogP contribution in [0.25, 0.3) is 0 Å². The smallest absolute Gasteiger partial charge is 0.355 e. The number of hydrogen-bond donors (Lipinski definition) is 2. The molecule has 2 N–H and O–H groups in total. The van der Waals surface area contributed by atoms with Gasteiger partial charge in [0.1, 0.15) is 0 Å². The fourth-order valence-electron chi connectivity index (χ4n) is 1.61. The lowest BCUT2D eigenvalue weighted by Gasteiger charge is -2.07. The van der Waals surface area contributed by atoms with E-state index in [1.165, 1.54) is 11.3 Å². The molecule has 1 saturated carbocycles. The lowest BCUT2D eigenvalue weighted by Crippen LogP contribution is -2.10. The minimum Gasteiger partial charge on any atom is -0.476 e. The molecule has 4 nitrogen and oxygen atoms in total. The maximum absolute atomic E-state index is 10.6. The highest BCUT2D eigenvalue weighted by Crippen LogP contribution is 2.50. The number of rotatable bonds is 4. The van der Waals surface area contributed by atoms with Crippen LogP contribution in [0.3, 0.4) is 0 Å². The standard InChI is InChI=1S/C10H14N2O2S/c1-3-10(2)4-7(10)12-9-11-6(5-15-9)8(13)14/h5,7H,3-4H2,1-2H3,(H,11,12)(H,13,14). The summed E-state index contributed by atoms with van der Waals surface area (Å²) in [5.41, 5.74) is 0.496. The molecule has 0 amide bonds. The summed E-state index contributed by atoms with van der Waals surface area (Å²) in [6, 6.07) is 0.454. The van der Waals surface area contributed by atoms with E-state index in [1.807, 2.05) is 0 Å². The molecule has 1 heterocycles. The van der Waals surface area contributed by atoms with Gasteiger partial charge in [0.25, 0.3) is 0 Å². The molecule has 0 bridgehead atoms. The van der Waals surface area contributed by atoms with Crippen molar-refractivity contribution in [2.75, 3.05) is 5.32 Å². The molecule has 1 aliphatic carbocycles. The Morgan fingerprint density at radius 1 is 1.87 bits per heavy atom. The SMILES string of the molecule is CCC1(C)CC1Nc1nc(C(=O)O)cs1. The van der Waals surface area contributed by atoms with Crippen molar-refractivity contribution in [1.82, 2.24) is 4.98 Å². The molecule has 1 aromatic rings. The van der Waals surface area contributed by atoms with Crippen molar-refractivity contribution in [2.45, 2.75) is 32.7 Å². The van der Waals surface area contributed by atoms with Gasteiger partial charge in [-0.25, -0.2) is 9.78 Å². The number of carboxylic acids is 1. The Morgan fingerprint density at radius 2 is 2.60 bits per heavy atom. The first kappa shape index (κ1) is 10.4. The molecule has 1 fully saturated rings. The highest BCUT2D eigenvalue weighted by atomic mass is 32.1. The average Bonchev–Trinajstić information content (AvgIpc) is 2.64. The molecule has 0 aromatic carbocycles. The van der Waals surface area contributed by atoms with E-state index < -0.39 is 5.97 Å². The molecular weight excluding hydrogens is 212 g/mol. The zero-order chi connectivity index (χ0) is 11.1. The number of anilines is 1. The van der Waals surface area contributed by atoms with Crippen LogP contribution in [0.15, 0.2) is 5.38 Å². The van der Waals surface area contributed by atoms with Crippen molar-refractivity contribution in [3.63, 3.8) is 0 Å². The van der Waals surface area contributed by atoms with Crippen molar-refractivity contribution >= 4 is 22.4 Å². The van der Waals surface area contributed by atoms with Crippen molar-refractivity contribution < 1.29 is 9.90 Å². The first-order valence-corrected chi connectivity index (χ1v) is 5.88. The molecule has 2 atom stereocenters. The monoisotopic (exact) mass is 226 g/mol. The fraction of sp³-hybridized carbons (Fsp3) is 0.600. The third-order valence-electron chi connectivity index (χ3n) is 3.18. The molecule has 2 rings (SSSR count). The van der Waals surface area contributed by atoms with Gasteiger partial charge in [-0.3, -0.25) is 0 Å². The minimum absolute atomic E-state index is 0.126. The topological polar surface area (TPSA) is 62.2 Å². The summed E-state index contributed by atoms with van der Waals surface area (Å²) in [5, 5.41) is 14.3. The van der Waals surface area contributed by atoms with Crippen LogP contribution in [0.4, 0.5) is 5.13 Å². The number of aromatic nitrogens is 1. The number of aromatic carboxylic acids is 1. The number of hydrogen-bond acceptors (Lipinski definition) is 4. The second kappa shape index (κ2) is 3.48. The maximum atomic E-state index is 10.6. The van der Waals surface area contributed by atoms with Crippen LogP contribution in [0.5, 0.6) is 0 Å². The average molecular weight is 226 g/mol. The van der Waals surface area contributed by atoms with E-state index in [0.717, 1.165) is 18.0 Å². The van der Waals surface area contributed by atoms with Crippen molar-refractivity contribution in [1.29, 1.82) is 0 Å². The number of thiazole rings is 1. The van der Waals surface area contributed by atoms with Crippen molar-refractivity contribution in [2.24, 2.45) is 5.41 Å². The van der Waals surface area contributed by atoms with Gasteiger partial charge in [-0.1, -0.05) is 13.8 Å². The van der Waals surface area contributed by atoms with Gasteiger partial charge in [-0.2, -0.15) is 0 Å². The predicted molar refractivity (Wildman–Crippen MR) is 59.5 cm³/mol. The lowest BCUT2D eigenvalue weighted by atomic mass is 10.1. The molecule has 1 aromatic heterocycles. The molecule has 15 heavy (non-hydrogen) atoms. The Balaban J connectivity index is 1.98. The second-order valence-corrected chi connectivity index (χ2v) is 5.11. The zero-order valence-electron chi connectivity index (χ0n) is 8.78. The van der Waals surface area contributed by atoms with Gasteiger partial charge in [-0.15, -0.1) is 11.3 Å². The number of carboxylic acid groups (broad SMARTS) is 1. The van der Waals surface area contributed by atoms with E-state index in [4.69, 9.17) is 5.11 Å². The van der Waals surface area contributed by atoms with Gasteiger partial charge < -0.3 is 10.4 Å². The first-order chi connectivity index (χ1) is 7.05. The van der Waals surface area contributed by atoms with Gasteiger partial charge >= 0.3 is 5.97 Å². The van der Waals surface area contributed by atoms with E-state index >= 15 is 0 Å². The maximum Gasteiger partial charge on any atom is 0.355 e. The molecule has 1 aliphatic rings. The van der Waals surface area contributed by atoms with Crippen LogP contribution in [0.2, 0.25) is 0 Å². The lowest BCUT2D eigenvalue weighted by molar-refractivity contribution is 0.0691. The normalized spacial score (nSPS) is 28.8. The minimum atomic E-state index is -0.964. The highest BCUT2D eigenvalue weighted by Gasteiger charge is 2.48. The Hall–Kier alpha value is -1.10. The van der Waals surface area contributed by atoms with Crippen molar-refractivity contribution in [3.05, 3.63) is 11.1 Å². The summed E-state index contributed by atoms with van der Waals surface area (Å²) in [4.78, 5) is 14.6. The Labute approximate surface area is 92.3 Å². The van der Waals surface area contributed by atoms with Crippen LogP contribution in [-0.2, 0) is 0 Å². The first-order valence-electron chi connectivity index (χ1n) is 5.00. The summed E-state index contributed by atoms with van der Waals surface area (Å²) >= 11 is 1.35. The molecule has 0 radical (unpaired) electrons. The van der Waals surface area contributed by atoms with E-state index in [0.29, 0.717) is 11.5 Å². The highest BCUT2D eigenvalue weighted by molar-refractivity contribution is 7.13. The second-order valence-electron chi connectivity index (χ2n) is 4.25. The van der Waals surface area contributed by atoms with Gasteiger partial charge in [0.05, 0.1) is 0 Å². The molecule has 0 saturated heterocycles. The zero-order valence-corrected chi connectivity index (χ0v) is 9.60. The summed E-state index contributed by atoms with van der Waals surface area (Å²) in [6.45, 7) is 4.41. The van der Waals surface area contributed by atoms with Gasteiger partial charge in [0, 0.05) is 11.4 Å². The Kier molecular flexibility index (Phi) is 2.42. The van der Waals surface area contributed by atoms with E-state index in [2.05, 4.69) is 24.1 Å². The van der Waals surface area contributed by atoms with E-state index in [1.54, 1.807) is 5.38 Å². The van der Waals surface area contributed by atoms with Crippen LogP contribution in [0, 0.1) is 5.41 Å². The van der Waals surface area contributed by atoms with E-state index in [-0.39, 0.29) is 5.69 Å².